The fraction of sp³-hybridized carbons (Fsp3) is 0.222. The fourth-order valence-corrected chi connectivity index (χ4v) is 1.09. The predicted octanol–water partition coefficient (Wildman–Crippen LogP) is -0.183. The van der Waals surface area contributed by atoms with Gasteiger partial charge in [0.05, 0.1) is 4.91 Å². The van der Waals surface area contributed by atoms with Crippen LogP contribution in [0, 0.1) is 4.91 Å². The quantitative estimate of drug-likeness (QED) is 0.331. The van der Waals surface area contributed by atoms with Crippen LogP contribution in [0.2, 0.25) is 0 Å². The van der Waals surface area contributed by atoms with Gasteiger partial charge in [-0.05, 0) is 6.07 Å². The van der Waals surface area contributed by atoms with Crippen molar-refractivity contribution in [2.45, 2.75) is 0 Å². The second-order valence-corrected chi connectivity index (χ2v) is 3.10. The Bertz CT molecular complexity index is 408. The van der Waals surface area contributed by atoms with E-state index in [0.29, 0.717) is 23.8 Å². The van der Waals surface area contributed by atoms with Crippen molar-refractivity contribution in [2.75, 3.05) is 18.6 Å². The van der Waals surface area contributed by atoms with Gasteiger partial charge in [-0.3, -0.25) is 15.7 Å². The average molecular weight is 239 g/mol. The number of nitrogens with two attached hydrogens (primary N) is 1. The highest BCUT2D eigenvalue weighted by Crippen LogP contribution is 2.20. The van der Waals surface area contributed by atoms with Crippen LogP contribution in [0.1, 0.15) is 0 Å². The highest BCUT2D eigenvalue weighted by atomic mass is 16.5. The van der Waals surface area contributed by atoms with Crippen molar-refractivity contribution in [1.82, 2.24) is 15.7 Å². The Kier molecular flexibility index (Phi) is 4.85. The van der Waals surface area contributed by atoms with Gasteiger partial charge in [0.15, 0.2) is 10.7 Å². The zero-order valence-electron chi connectivity index (χ0n) is 9.18. The highest BCUT2D eigenvalue weighted by molar-refractivity contribution is 5.57. The molecule has 0 radical (unpaired) electrons. The number of nitroso groups, excluding NO2 is 1. The van der Waals surface area contributed by atoms with E-state index in [-0.39, 0.29) is 11.4 Å². The third-order valence-electron chi connectivity index (χ3n) is 1.86. The van der Waals surface area contributed by atoms with Gasteiger partial charge in [0, 0.05) is 19.3 Å². The van der Waals surface area contributed by atoms with E-state index in [1.807, 2.05) is 5.48 Å². The summed E-state index contributed by atoms with van der Waals surface area (Å²) < 4.78 is 0. The summed E-state index contributed by atoms with van der Waals surface area (Å²) in [4.78, 5) is 15.9. The zero-order valence-corrected chi connectivity index (χ0v) is 9.18. The molecule has 1 heterocycles. The maximum Gasteiger partial charge on any atom is 0.335 e. The van der Waals surface area contributed by atoms with Crippen LogP contribution >= 0.6 is 0 Å². The van der Waals surface area contributed by atoms with Gasteiger partial charge in [0.2, 0.25) is 0 Å². The summed E-state index contributed by atoms with van der Waals surface area (Å²) in [6.45, 7) is 4.51. The molecule has 0 bridgehead atoms. The third kappa shape index (κ3) is 3.70. The zero-order chi connectivity index (χ0) is 12.7. The van der Waals surface area contributed by atoms with Crippen molar-refractivity contribution in [3.05, 3.63) is 35.8 Å². The van der Waals surface area contributed by atoms with E-state index in [9.17, 15) is 4.91 Å². The Morgan fingerprint density at radius 1 is 1.65 bits per heavy atom. The number of aromatic nitrogens is 1. The Labute approximate surface area is 98.0 Å². The molecule has 1 aromatic heterocycles. The van der Waals surface area contributed by atoms with E-state index in [1.54, 1.807) is 0 Å². The molecule has 0 spiro atoms. The first-order valence-electron chi connectivity index (χ1n) is 4.90. The third-order valence-corrected chi connectivity index (χ3v) is 1.86. The minimum absolute atomic E-state index is 0.130. The molecule has 0 fully saturated rings. The molecule has 0 aliphatic heterocycles. The first kappa shape index (κ1) is 12.9. The van der Waals surface area contributed by atoms with Crippen molar-refractivity contribution in [3.8, 4) is 0 Å². The minimum atomic E-state index is 0.130. The van der Waals surface area contributed by atoms with Gasteiger partial charge in [-0.2, -0.15) is 0 Å². The lowest BCUT2D eigenvalue weighted by atomic mass is 10.3. The van der Waals surface area contributed by atoms with E-state index in [0.717, 1.165) is 0 Å². The Balaban J connectivity index is 2.66. The number of hydrogen-bond donors (Lipinski definition) is 5. The van der Waals surface area contributed by atoms with Gasteiger partial charge in [-0.25, -0.2) is 0 Å². The van der Waals surface area contributed by atoms with Crippen molar-refractivity contribution in [1.29, 1.82) is 0 Å². The fourth-order valence-electron chi connectivity index (χ4n) is 1.09. The van der Waals surface area contributed by atoms with Gasteiger partial charge in [0.25, 0.3) is 0 Å². The van der Waals surface area contributed by atoms with Crippen LogP contribution in [0.3, 0.4) is 0 Å². The van der Waals surface area contributed by atoms with Crippen molar-refractivity contribution >= 4 is 11.4 Å². The normalized spacial score (nSPS) is 9.53. The van der Waals surface area contributed by atoms with Crippen LogP contribution < -0.4 is 22.0 Å². The highest BCUT2D eigenvalue weighted by Gasteiger charge is 2.20. The molecular formula is C9H15N6O2+. The summed E-state index contributed by atoms with van der Waals surface area (Å²) in [6.07, 6.45) is 2.74. The van der Waals surface area contributed by atoms with E-state index >= 15 is 0 Å². The van der Waals surface area contributed by atoms with Gasteiger partial charge in [0.1, 0.15) is 11.9 Å². The van der Waals surface area contributed by atoms with Crippen molar-refractivity contribution in [3.63, 3.8) is 0 Å². The summed E-state index contributed by atoms with van der Waals surface area (Å²) in [6, 6.07) is 1.46. The number of nitrogens with one attached hydrogen (secondary N) is 3. The van der Waals surface area contributed by atoms with Crippen molar-refractivity contribution < 1.29 is 10.1 Å². The molecule has 0 amide bonds. The van der Waals surface area contributed by atoms with E-state index < -0.39 is 0 Å². The molecule has 92 valence electrons. The SMILES string of the molecule is C=C(NCCN)N[N+](=O)c1cnccc1NO. The lowest BCUT2D eigenvalue weighted by Crippen LogP contribution is -2.33. The number of nitrogens with zero attached hydrogens (tertiary/aromatic N) is 2. The standard InChI is InChI=1S/C9H15N6O2/c1-7(12-5-3-10)13-15(17)9-6-11-4-2-8(9)14-16/h2,4,6,12,16H,1,3,5,10H2,(H,11,14)(H,13,17)/q+1. The largest absolute Gasteiger partial charge is 0.367 e. The van der Waals surface area contributed by atoms with Gasteiger partial charge in [-0.15, -0.1) is 0 Å². The molecule has 0 saturated carbocycles. The lowest BCUT2D eigenvalue weighted by molar-refractivity contribution is -0.519. The molecule has 0 aliphatic carbocycles. The molecule has 0 saturated heterocycles. The molecule has 6 N–H and O–H groups in total. The second-order valence-electron chi connectivity index (χ2n) is 3.10. The molecular weight excluding hydrogens is 224 g/mol. The molecule has 8 heteroatoms. The molecule has 0 atom stereocenters. The van der Waals surface area contributed by atoms with Crippen LogP contribution in [-0.2, 0) is 0 Å². The van der Waals surface area contributed by atoms with Crippen LogP contribution in [0.15, 0.2) is 30.9 Å². The predicted molar refractivity (Wildman–Crippen MR) is 62.3 cm³/mol. The van der Waals surface area contributed by atoms with Crippen LogP contribution in [0.4, 0.5) is 11.4 Å². The molecule has 8 nitrogen and oxygen atoms in total. The minimum Gasteiger partial charge on any atom is -0.367 e. The smallest absolute Gasteiger partial charge is 0.335 e. The summed E-state index contributed by atoms with van der Waals surface area (Å²) in [5.74, 6) is 0.304. The number of rotatable bonds is 7. The second kappa shape index (κ2) is 6.40. The number of pyridine rings is 1. The van der Waals surface area contributed by atoms with Crippen LogP contribution in [0.25, 0.3) is 0 Å². The average Bonchev–Trinajstić information content (AvgIpc) is 2.36. The van der Waals surface area contributed by atoms with E-state index in [4.69, 9.17) is 10.9 Å². The molecule has 17 heavy (non-hydrogen) atoms. The summed E-state index contributed by atoms with van der Waals surface area (Å²) >= 11 is 0. The van der Waals surface area contributed by atoms with Crippen LogP contribution in [0.5, 0.6) is 0 Å². The number of anilines is 1. The lowest BCUT2D eigenvalue weighted by Gasteiger charge is -2.05. The summed E-state index contributed by atoms with van der Waals surface area (Å²) in [5, 5.41) is 11.6. The molecule has 0 aromatic carbocycles. The van der Waals surface area contributed by atoms with E-state index in [2.05, 4.69) is 22.3 Å². The summed E-state index contributed by atoms with van der Waals surface area (Å²) in [7, 11) is 0. The maximum atomic E-state index is 11.7. The van der Waals surface area contributed by atoms with Gasteiger partial charge >= 0.3 is 5.69 Å². The monoisotopic (exact) mass is 239 g/mol. The first-order valence-corrected chi connectivity index (χ1v) is 4.90. The van der Waals surface area contributed by atoms with E-state index in [1.165, 1.54) is 18.5 Å². The Hall–Kier alpha value is -2.19. The Morgan fingerprint density at radius 3 is 3.06 bits per heavy atom. The van der Waals surface area contributed by atoms with Gasteiger partial charge in [-0.1, -0.05) is 12.0 Å². The Morgan fingerprint density at radius 2 is 2.41 bits per heavy atom. The molecule has 1 rings (SSSR count). The first-order chi connectivity index (χ1) is 8.19. The van der Waals surface area contributed by atoms with Crippen molar-refractivity contribution in [2.24, 2.45) is 5.73 Å². The number of hydrazine groups is 1. The molecule has 0 unspecified atom stereocenters. The maximum absolute atomic E-state index is 11.7. The van der Waals surface area contributed by atoms with Gasteiger partial charge < -0.3 is 11.1 Å². The molecule has 0 aliphatic rings. The number of hydrogen-bond acceptors (Lipinski definition) is 6. The topological polar surface area (TPSA) is 115 Å². The molecule has 1 aromatic rings. The van der Waals surface area contributed by atoms with Crippen LogP contribution in [-0.4, -0.2) is 28.1 Å². The summed E-state index contributed by atoms with van der Waals surface area (Å²) in [5.41, 5.74) is 9.98.